The van der Waals surface area contributed by atoms with Crippen molar-refractivity contribution >= 4 is 23.0 Å². The Morgan fingerprint density at radius 1 is 1.07 bits per heavy atom. The first-order valence-electron chi connectivity index (χ1n) is 8.27. The molecule has 0 saturated heterocycles. The number of anilines is 3. The molecule has 2 N–H and O–H groups in total. The lowest BCUT2D eigenvalue weighted by Gasteiger charge is -2.12. The molecule has 0 spiro atoms. The summed E-state index contributed by atoms with van der Waals surface area (Å²) in [5.74, 6) is 0.309. The fourth-order valence-electron chi connectivity index (χ4n) is 2.54. The Kier molecular flexibility index (Phi) is 5.33. The molecule has 0 atom stereocenters. The quantitative estimate of drug-likeness (QED) is 0.711. The highest BCUT2D eigenvalue weighted by Gasteiger charge is 2.11. The van der Waals surface area contributed by atoms with Crippen molar-refractivity contribution in [3.05, 3.63) is 77.6 Å². The van der Waals surface area contributed by atoms with Gasteiger partial charge in [0.2, 0.25) is 0 Å². The molecule has 0 aliphatic rings. The van der Waals surface area contributed by atoms with Crippen molar-refractivity contribution in [2.75, 3.05) is 17.7 Å². The van der Waals surface area contributed by atoms with Gasteiger partial charge in [-0.25, -0.2) is 0 Å². The van der Waals surface area contributed by atoms with E-state index in [1.165, 1.54) is 6.20 Å². The summed E-state index contributed by atoms with van der Waals surface area (Å²) in [5.41, 5.74) is 4.08. The predicted molar refractivity (Wildman–Crippen MR) is 104 cm³/mol. The molecule has 1 amide bonds. The molecule has 6 nitrogen and oxygen atoms in total. The zero-order valence-electron chi connectivity index (χ0n) is 15.0. The summed E-state index contributed by atoms with van der Waals surface area (Å²) < 4.78 is 5.29. The molecule has 0 unspecified atom stereocenters. The van der Waals surface area contributed by atoms with Crippen LogP contribution in [-0.2, 0) is 0 Å². The average Bonchev–Trinajstić information content (AvgIpc) is 2.69. The Labute approximate surface area is 157 Å². The lowest BCUT2D eigenvalue weighted by Crippen LogP contribution is -2.13. The molecular formula is C21H18N4O2. The number of aromatic nitrogens is 1. The summed E-state index contributed by atoms with van der Waals surface area (Å²) in [5, 5.41) is 14.9. The van der Waals surface area contributed by atoms with Crippen molar-refractivity contribution in [1.29, 1.82) is 5.26 Å². The monoisotopic (exact) mass is 358 g/mol. The van der Waals surface area contributed by atoms with Crippen molar-refractivity contribution in [3.8, 4) is 11.8 Å². The summed E-state index contributed by atoms with van der Waals surface area (Å²) in [6.45, 7) is 1.94. The van der Waals surface area contributed by atoms with Crippen LogP contribution in [0.25, 0.3) is 0 Å². The van der Waals surface area contributed by atoms with Gasteiger partial charge in [0.1, 0.15) is 5.75 Å². The van der Waals surface area contributed by atoms with E-state index < -0.39 is 0 Å². The highest BCUT2D eigenvalue weighted by atomic mass is 16.5. The summed E-state index contributed by atoms with van der Waals surface area (Å²) in [6, 6.07) is 16.4. The van der Waals surface area contributed by atoms with E-state index >= 15 is 0 Å². The third-order valence-corrected chi connectivity index (χ3v) is 3.91. The summed E-state index contributed by atoms with van der Waals surface area (Å²) in [7, 11) is 1.56. The number of aryl methyl sites for hydroxylation is 1. The minimum Gasteiger partial charge on any atom is -0.495 e. The predicted octanol–water partition coefficient (Wildman–Crippen LogP) is 4.27. The fraction of sp³-hybridized carbons (Fsp3) is 0.0952. The molecule has 3 rings (SSSR count). The second-order valence-corrected chi connectivity index (χ2v) is 5.93. The van der Waals surface area contributed by atoms with E-state index in [9.17, 15) is 4.79 Å². The number of pyridine rings is 1. The fourth-order valence-corrected chi connectivity index (χ4v) is 2.54. The number of carbonyl (C=O) groups excluding carboxylic acids is 1. The van der Waals surface area contributed by atoms with Crippen LogP contribution in [0.5, 0.6) is 5.75 Å². The van der Waals surface area contributed by atoms with Gasteiger partial charge in [-0.05, 0) is 55.0 Å². The lowest BCUT2D eigenvalue weighted by atomic mass is 10.2. The van der Waals surface area contributed by atoms with Gasteiger partial charge in [-0.1, -0.05) is 6.07 Å². The summed E-state index contributed by atoms with van der Waals surface area (Å²) >= 11 is 0. The highest BCUT2D eigenvalue weighted by Crippen LogP contribution is 2.26. The molecule has 1 heterocycles. The first-order chi connectivity index (χ1) is 13.1. The van der Waals surface area contributed by atoms with E-state index in [-0.39, 0.29) is 5.91 Å². The van der Waals surface area contributed by atoms with Crippen LogP contribution in [0, 0.1) is 18.3 Å². The minimum atomic E-state index is -0.283. The van der Waals surface area contributed by atoms with Gasteiger partial charge in [-0.2, -0.15) is 5.26 Å². The van der Waals surface area contributed by atoms with E-state index in [0.717, 1.165) is 11.3 Å². The molecule has 27 heavy (non-hydrogen) atoms. The number of hydrogen-bond acceptors (Lipinski definition) is 5. The second kappa shape index (κ2) is 8.02. The molecule has 6 heteroatoms. The molecule has 0 bridgehead atoms. The van der Waals surface area contributed by atoms with Gasteiger partial charge in [0.05, 0.1) is 41.9 Å². The van der Waals surface area contributed by atoms with E-state index in [2.05, 4.69) is 21.7 Å². The molecule has 0 radical (unpaired) electrons. The normalized spacial score (nSPS) is 9.96. The third-order valence-electron chi connectivity index (χ3n) is 3.91. The molecule has 134 valence electrons. The first kappa shape index (κ1) is 18.0. The minimum absolute atomic E-state index is 0.283. The Hall–Kier alpha value is -3.85. The number of nitrogens with one attached hydrogen (secondary N) is 2. The maximum absolute atomic E-state index is 12.6. The molecular weight excluding hydrogens is 340 g/mol. The molecule has 0 aliphatic carbocycles. The van der Waals surface area contributed by atoms with Crippen LogP contribution < -0.4 is 15.4 Å². The average molecular weight is 358 g/mol. The smallest absolute Gasteiger partial charge is 0.257 e. The van der Waals surface area contributed by atoms with Crippen molar-refractivity contribution in [3.63, 3.8) is 0 Å². The van der Waals surface area contributed by atoms with E-state index in [1.54, 1.807) is 43.6 Å². The van der Waals surface area contributed by atoms with Crippen LogP contribution in [-0.4, -0.2) is 18.0 Å². The Morgan fingerprint density at radius 3 is 2.56 bits per heavy atom. The van der Waals surface area contributed by atoms with Crippen LogP contribution in [0.2, 0.25) is 0 Å². The molecule has 0 saturated carbocycles. The van der Waals surface area contributed by atoms with Gasteiger partial charge in [0.15, 0.2) is 0 Å². The number of hydrogen-bond donors (Lipinski definition) is 2. The Bertz CT molecular complexity index is 1010. The standard InChI is InChI=1S/C21H18N4O2/c1-14-3-8-20(27-2)19(9-14)25-21(26)16-10-18(13-23-12-16)24-17-6-4-15(11-22)5-7-17/h3-10,12-13,24H,1-2H3,(H,25,26). The zero-order chi connectivity index (χ0) is 19.2. The lowest BCUT2D eigenvalue weighted by molar-refractivity contribution is 0.102. The van der Waals surface area contributed by atoms with E-state index in [1.807, 2.05) is 25.1 Å². The van der Waals surface area contributed by atoms with Crippen LogP contribution >= 0.6 is 0 Å². The van der Waals surface area contributed by atoms with Crippen molar-refractivity contribution in [2.45, 2.75) is 6.92 Å². The second-order valence-electron chi connectivity index (χ2n) is 5.93. The van der Waals surface area contributed by atoms with Crippen LogP contribution in [0.1, 0.15) is 21.5 Å². The number of ether oxygens (including phenoxy) is 1. The number of benzene rings is 2. The number of amides is 1. The Balaban J connectivity index is 1.77. The number of nitriles is 1. The maximum atomic E-state index is 12.6. The number of nitrogens with zero attached hydrogens (tertiary/aromatic N) is 2. The van der Waals surface area contributed by atoms with Gasteiger partial charge in [0.25, 0.3) is 5.91 Å². The largest absolute Gasteiger partial charge is 0.495 e. The SMILES string of the molecule is COc1ccc(C)cc1NC(=O)c1cncc(Nc2ccc(C#N)cc2)c1. The highest BCUT2D eigenvalue weighted by molar-refractivity contribution is 6.05. The van der Waals surface area contributed by atoms with Crippen molar-refractivity contribution in [2.24, 2.45) is 0 Å². The zero-order valence-corrected chi connectivity index (χ0v) is 15.0. The summed E-state index contributed by atoms with van der Waals surface area (Å²) in [4.78, 5) is 16.7. The maximum Gasteiger partial charge on any atom is 0.257 e. The van der Waals surface area contributed by atoms with Gasteiger partial charge in [-0.15, -0.1) is 0 Å². The van der Waals surface area contributed by atoms with Crippen LogP contribution in [0.15, 0.2) is 60.9 Å². The van der Waals surface area contributed by atoms with Crippen LogP contribution in [0.4, 0.5) is 17.1 Å². The molecule has 0 aliphatic heterocycles. The topological polar surface area (TPSA) is 87.0 Å². The number of rotatable bonds is 5. The molecule has 3 aromatic rings. The van der Waals surface area contributed by atoms with Gasteiger partial charge >= 0.3 is 0 Å². The third kappa shape index (κ3) is 4.41. The first-order valence-corrected chi connectivity index (χ1v) is 8.27. The van der Waals surface area contributed by atoms with Crippen molar-refractivity contribution < 1.29 is 9.53 Å². The van der Waals surface area contributed by atoms with Gasteiger partial charge in [0, 0.05) is 11.9 Å². The number of methoxy groups -OCH3 is 1. The van der Waals surface area contributed by atoms with E-state index in [4.69, 9.17) is 10.00 Å². The molecule has 1 aromatic heterocycles. The Morgan fingerprint density at radius 2 is 1.85 bits per heavy atom. The van der Waals surface area contributed by atoms with Gasteiger partial charge in [-0.3, -0.25) is 9.78 Å². The van der Waals surface area contributed by atoms with E-state index in [0.29, 0.717) is 28.3 Å². The van der Waals surface area contributed by atoms with Crippen LogP contribution in [0.3, 0.4) is 0 Å². The van der Waals surface area contributed by atoms with Gasteiger partial charge < -0.3 is 15.4 Å². The van der Waals surface area contributed by atoms with Crippen molar-refractivity contribution in [1.82, 2.24) is 4.98 Å². The summed E-state index contributed by atoms with van der Waals surface area (Å²) in [6.07, 6.45) is 3.13. The molecule has 2 aromatic carbocycles. The number of carbonyl (C=O) groups is 1. The molecule has 0 fully saturated rings.